The minimum Gasteiger partial charge on any atom is -0.346 e. The van der Waals surface area contributed by atoms with Crippen molar-refractivity contribution in [1.82, 2.24) is 19.6 Å². The predicted molar refractivity (Wildman–Crippen MR) is 338 cm³/mol. The van der Waals surface area contributed by atoms with Gasteiger partial charge in [0, 0.05) is 126 Å². The van der Waals surface area contributed by atoms with Crippen LogP contribution in [0.25, 0.3) is 0 Å². The van der Waals surface area contributed by atoms with E-state index >= 15 is 0 Å². The zero-order chi connectivity index (χ0) is 64.6. The highest BCUT2D eigenvalue weighted by molar-refractivity contribution is 5.92. The van der Waals surface area contributed by atoms with Gasteiger partial charge in [-0.3, -0.25) is 38.4 Å². The summed E-state index contributed by atoms with van der Waals surface area (Å²) in [5.41, 5.74) is -1.61. The highest BCUT2D eigenvalue weighted by Crippen LogP contribution is 2.37. The van der Waals surface area contributed by atoms with E-state index in [1.807, 2.05) is 158 Å². The summed E-state index contributed by atoms with van der Waals surface area (Å²) in [7, 11) is 7.39. The van der Waals surface area contributed by atoms with E-state index in [0.29, 0.717) is 44.4 Å². The zero-order valence-electron chi connectivity index (χ0n) is 58.7. The van der Waals surface area contributed by atoms with Gasteiger partial charge in [0.2, 0.25) is 23.6 Å². The molecule has 0 aromatic rings. The summed E-state index contributed by atoms with van der Waals surface area (Å²) in [5.74, 6) is 1.01. The molecule has 4 amide bonds. The third-order valence-corrected chi connectivity index (χ3v) is 15.4. The Kier molecular flexibility index (Phi) is 37.0. The molecule has 0 spiro atoms. The van der Waals surface area contributed by atoms with Gasteiger partial charge >= 0.3 is 0 Å². The van der Waals surface area contributed by atoms with Gasteiger partial charge in [-0.15, -0.1) is 0 Å². The van der Waals surface area contributed by atoms with Crippen LogP contribution in [0.3, 0.4) is 0 Å². The van der Waals surface area contributed by atoms with Crippen molar-refractivity contribution in [3.8, 4) is 0 Å². The van der Waals surface area contributed by atoms with Crippen molar-refractivity contribution in [1.29, 1.82) is 0 Å². The molecule has 0 saturated heterocycles. The molecule has 472 valence electrons. The second-order valence-corrected chi connectivity index (χ2v) is 31.6. The van der Waals surface area contributed by atoms with Crippen molar-refractivity contribution in [2.75, 3.05) is 47.8 Å². The monoisotopic (exact) mass is 1130 g/mol. The van der Waals surface area contributed by atoms with Crippen molar-refractivity contribution in [2.45, 2.75) is 283 Å². The number of ketones is 4. The summed E-state index contributed by atoms with van der Waals surface area (Å²) in [6.45, 7) is 59.2. The van der Waals surface area contributed by atoms with E-state index in [4.69, 9.17) is 0 Å². The van der Waals surface area contributed by atoms with Gasteiger partial charge in [0.25, 0.3) is 0 Å². The van der Waals surface area contributed by atoms with Gasteiger partial charge in [-0.25, -0.2) is 0 Å². The maximum Gasteiger partial charge on any atom is 0.226 e. The lowest BCUT2D eigenvalue weighted by molar-refractivity contribution is -0.142. The summed E-state index contributed by atoms with van der Waals surface area (Å²) in [6, 6.07) is 0.227. The summed E-state index contributed by atoms with van der Waals surface area (Å²) < 4.78 is 0. The Morgan fingerprint density at radius 3 is 1.07 bits per heavy atom. The molecule has 0 radical (unpaired) electrons. The van der Waals surface area contributed by atoms with E-state index in [1.165, 1.54) is 0 Å². The molecule has 0 aromatic carbocycles. The Labute approximate surface area is 495 Å². The Balaban J connectivity index is -0.000000481. The largest absolute Gasteiger partial charge is 0.346 e. The molecule has 0 N–H and O–H groups in total. The number of hydrogen-bond donors (Lipinski definition) is 0. The maximum absolute atomic E-state index is 12.6. The first-order valence-electron chi connectivity index (χ1n) is 30.7. The molecule has 0 fully saturated rings. The van der Waals surface area contributed by atoms with Gasteiger partial charge in [0.15, 0.2) is 0 Å². The SMILES string of the molecule is CCC(CN(C)C(=O)CCC(=O)C(C)(C)C)C(C)(C)C.CCCC(N(C)C(=O)CCC(=O)C(C)(C)C)C(C)(C)C.CCCCN(C)C(=O)C(CC(=O)C(C)(C)C)C(C)(C)C.CCCCN(C)C(=O)CC(C(=O)C(C)(C)C)C(C)(C)C. The molecule has 0 aliphatic rings. The minimum absolute atomic E-state index is 0.0639. The van der Waals surface area contributed by atoms with Crippen molar-refractivity contribution in [3.63, 3.8) is 0 Å². The summed E-state index contributed by atoms with van der Waals surface area (Å²) >= 11 is 0. The van der Waals surface area contributed by atoms with E-state index in [9.17, 15) is 38.4 Å². The van der Waals surface area contributed by atoms with Crippen LogP contribution in [0, 0.1) is 61.1 Å². The van der Waals surface area contributed by atoms with Crippen LogP contribution in [-0.2, 0) is 38.4 Å². The molecule has 12 nitrogen and oxygen atoms in total. The van der Waals surface area contributed by atoms with Crippen LogP contribution in [0.15, 0.2) is 0 Å². The molecule has 0 aliphatic carbocycles. The van der Waals surface area contributed by atoms with Gasteiger partial charge < -0.3 is 19.6 Å². The minimum atomic E-state index is -0.403. The van der Waals surface area contributed by atoms with Crippen LogP contribution in [0.1, 0.15) is 277 Å². The predicted octanol–water partition coefficient (Wildman–Crippen LogP) is 15.8. The number of nitrogens with zero attached hydrogens (tertiary/aromatic N) is 4. The highest BCUT2D eigenvalue weighted by atomic mass is 16.2. The average Bonchev–Trinajstić information content (AvgIpc) is 3.29. The van der Waals surface area contributed by atoms with E-state index in [1.54, 1.807) is 14.7 Å². The fourth-order valence-corrected chi connectivity index (χ4v) is 8.85. The van der Waals surface area contributed by atoms with Gasteiger partial charge in [0.05, 0.1) is 0 Å². The van der Waals surface area contributed by atoms with Gasteiger partial charge in [-0.1, -0.05) is 220 Å². The van der Waals surface area contributed by atoms with Crippen LogP contribution in [0.5, 0.6) is 0 Å². The quantitative estimate of drug-likeness (QED) is 0.0927. The smallest absolute Gasteiger partial charge is 0.226 e. The number of hydrogen-bond acceptors (Lipinski definition) is 8. The Bertz CT molecular complexity index is 1880. The van der Waals surface area contributed by atoms with E-state index in [2.05, 4.69) is 69.2 Å². The molecule has 0 heterocycles. The number of amides is 4. The fourth-order valence-electron chi connectivity index (χ4n) is 8.85. The van der Waals surface area contributed by atoms with Gasteiger partial charge in [-0.2, -0.15) is 0 Å². The molecule has 12 heteroatoms. The van der Waals surface area contributed by atoms with Crippen LogP contribution >= 0.6 is 0 Å². The lowest BCUT2D eigenvalue weighted by Crippen LogP contribution is -2.45. The molecule has 0 aliphatic heterocycles. The molecule has 80 heavy (non-hydrogen) atoms. The molecule has 4 atom stereocenters. The molecule has 4 unspecified atom stereocenters. The summed E-state index contributed by atoms with van der Waals surface area (Å²) in [6.07, 6.45) is 9.26. The van der Waals surface area contributed by atoms with E-state index in [-0.39, 0.29) is 103 Å². The van der Waals surface area contributed by atoms with Crippen LogP contribution in [-0.4, -0.2) is 120 Å². The van der Waals surface area contributed by atoms with Crippen LogP contribution < -0.4 is 0 Å². The molecule has 0 rings (SSSR count). The third-order valence-electron chi connectivity index (χ3n) is 15.4. The Hall–Kier alpha value is -3.44. The molecule has 0 aromatic heterocycles. The zero-order valence-corrected chi connectivity index (χ0v) is 58.7. The second kappa shape index (κ2) is 35.6. The number of carbonyl (C=O) groups is 8. The fraction of sp³-hybridized carbons (Fsp3) is 0.882. The third kappa shape index (κ3) is 34.9. The first kappa shape index (κ1) is 83.0. The van der Waals surface area contributed by atoms with E-state index < -0.39 is 5.41 Å². The molecular formula is C68H132N4O8. The molecule has 0 saturated carbocycles. The van der Waals surface area contributed by atoms with Crippen molar-refractivity contribution >= 4 is 46.8 Å². The summed E-state index contributed by atoms with van der Waals surface area (Å²) in [4.78, 5) is 105. The van der Waals surface area contributed by atoms with Gasteiger partial charge in [-0.05, 0) is 46.8 Å². The highest BCUT2D eigenvalue weighted by Gasteiger charge is 2.40. The van der Waals surface area contributed by atoms with Crippen molar-refractivity contribution in [3.05, 3.63) is 0 Å². The number of carbonyl (C=O) groups excluding carboxylic acids is 8. The lowest BCUT2D eigenvalue weighted by Gasteiger charge is -2.38. The normalized spacial score (nSPS) is 14.0. The van der Waals surface area contributed by atoms with Gasteiger partial charge in [0.1, 0.15) is 23.1 Å². The number of Topliss-reactive ketones (excluding diaryl/α,β-unsaturated/α-hetero) is 4. The standard InChI is InChI=1S/4C17H33NO2/c1-9-13(16(2,3)4)12-18(8)15(20)11-10-14(19)17(5,6)7;1-9-10-13(16(2,3)4)18(8)15(20)12-11-14(19)17(5,6)7;1-9-10-11-18(8)14(19)12-13(16(2,3)4)15(20)17(5,6)7;1-9-10-11-18(8)15(20)13(16(2,3)4)12-14(19)17(5,6)7/h4*13H,9-12H2,1-8H3. The number of unbranched alkanes of at least 4 members (excludes halogenated alkanes) is 2. The lowest BCUT2D eigenvalue weighted by atomic mass is 9.69. The summed E-state index contributed by atoms with van der Waals surface area (Å²) in [5, 5.41) is 0. The average molecular weight is 1130 g/mol. The molecular weight excluding hydrogens is 1000 g/mol. The maximum atomic E-state index is 12.6. The first-order valence-corrected chi connectivity index (χ1v) is 30.7. The topological polar surface area (TPSA) is 150 Å². The van der Waals surface area contributed by atoms with Crippen LogP contribution in [0.2, 0.25) is 0 Å². The van der Waals surface area contributed by atoms with Crippen molar-refractivity contribution < 1.29 is 38.4 Å². The van der Waals surface area contributed by atoms with E-state index in [0.717, 1.165) is 64.6 Å². The van der Waals surface area contributed by atoms with Crippen molar-refractivity contribution in [2.24, 2.45) is 61.1 Å². The second-order valence-electron chi connectivity index (χ2n) is 31.6. The Morgan fingerprint density at radius 1 is 0.375 bits per heavy atom. The van der Waals surface area contributed by atoms with Crippen LogP contribution in [0.4, 0.5) is 0 Å². The first-order chi connectivity index (χ1) is 35.6. The Morgan fingerprint density at radius 2 is 0.762 bits per heavy atom. The molecule has 0 bridgehead atoms. The number of rotatable bonds is 24.